The second-order valence-corrected chi connectivity index (χ2v) is 8.50. The average Bonchev–Trinajstić information content (AvgIpc) is 2.67. The molecule has 0 radical (unpaired) electrons. The van der Waals surface area contributed by atoms with E-state index in [1.54, 1.807) is 0 Å². The van der Waals surface area contributed by atoms with Crippen molar-refractivity contribution >= 4 is 22.6 Å². The molecule has 1 aliphatic rings. The van der Waals surface area contributed by atoms with Crippen LogP contribution in [0.5, 0.6) is 0 Å². The summed E-state index contributed by atoms with van der Waals surface area (Å²) < 4.78 is 0. The highest BCUT2D eigenvalue weighted by Gasteiger charge is 2.30. The minimum Gasteiger partial charge on any atom is -0.373 e. The van der Waals surface area contributed by atoms with Gasteiger partial charge in [-0.25, -0.2) is 9.97 Å². The number of nitrogens with one attached hydrogen (secondary N) is 2. The van der Waals surface area contributed by atoms with Crippen molar-refractivity contribution in [2.45, 2.75) is 52.9 Å². The first-order valence-corrected chi connectivity index (χ1v) is 10.6. The van der Waals surface area contributed by atoms with E-state index in [-0.39, 0.29) is 12.1 Å². The smallest absolute Gasteiger partial charge is 0.221 e. The number of aromatic nitrogens is 2. The molecule has 3 rings (SSSR count). The molecule has 0 saturated carbocycles. The molecule has 158 valence electrons. The molecule has 2 N–H and O–H groups in total. The van der Waals surface area contributed by atoms with Crippen LogP contribution in [0.2, 0.25) is 0 Å². The van der Waals surface area contributed by atoms with Gasteiger partial charge in [0, 0.05) is 44.5 Å². The average molecular weight is 399 g/mol. The molecule has 7 heteroatoms. The maximum absolute atomic E-state index is 12.5. The molecule has 2 heterocycles. The lowest BCUT2D eigenvalue weighted by atomic mass is 10.1. The van der Waals surface area contributed by atoms with E-state index < -0.39 is 0 Å². The fraction of sp³-hybridized carbons (Fsp3) is 0.591. The molecular formula is C22H34N6O. The molecule has 1 fully saturated rings. The summed E-state index contributed by atoms with van der Waals surface area (Å²) >= 11 is 0. The Morgan fingerprint density at radius 3 is 2.62 bits per heavy atom. The Kier molecular flexibility index (Phi) is 7.03. The third-order valence-electron chi connectivity index (χ3n) is 5.41. The van der Waals surface area contributed by atoms with Gasteiger partial charge in [-0.2, -0.15) is 0 Å². The van der Waals surface area contributed by atoms with Crippen molar-refractivity contribution in [3.63, 3.8) is 0 Å². The zero-order valence-electron chi connectivity index (χ0n) is 18.3. The highest BCUT2D eigenvalue weighted by molar-refractivity contribution is 5.88. The van der Waals surface area contributed by atoms with Crippen LogP contribution in [0.1, 0.15) is 39.9 Å². The molecule has 7 nitrogen and oxygen atoms in total. The van der Waals surface area contributed by atoms with Gasteiger partial charge in [0.2, 0.25) is 5.91 Å². The van der Waals surface area contributed by atoms with Crippen LogP contribution in [0.3, 0.4) is 0 Å². The predicted molar refractivity (Wildman–Crippen MR) is 118 cm³/mol. The summed E-state index contributed by atoms with van der Waals surface area (Å²) in [5.41, 5.74) is 0.933. The van der Waals surface area contributed by atoms with Crippen molar-refractivity contribution < 1.29 is 4.79 Å². The lowest BCUT2D eigenvalue weighted by Gasteiger charge is -2.43. The molecule has 2 aromatic rings. The van der Waals surface area contributed by atoms with E-state index in [1.807, 2.05) is 31.3 Å². The Morgan fingerprint density at radius 2 is 1.93 bits per heavy atom. The quantitative estimate of drug-likeness (QED) is 0.747. The zero-order chi connectivity index (χ0) is 21.0. The summed E-state index contributed by atoms with van der Waals surface area (Å²) in [5.74, 6) is 2.06. The molecular weight excluding hydrogens is 364 g/mol. The van der Waals surface area contributed by atoms with Gasteiger partial charge in [0.1, 0.15) is 11.6 Å². The Hall–Kier alpha value is -2.25. The first-order valence-electron chi connectivity index (χ1n) is 10.6. The normalized spacial score (nSPS) is 18.5. The van der Waals surface area contributed by atoms with Crippen LogP contribution in [-0.2, 0) is 11.3 Å². The number of carbonyl (C=O) groups excluding carboxylic acids is 1. The van der Waals surface area contributed by atoms with Crippen molar-refractivity contribution in [2.24, 2.45) is 5.92 Å². The van der Waals surface area contributed by atoms with Crippen LogP contribution in [0.15, 0.2) is 24.3 Å². The van der Waals surface area contributed by atoms with E-state index in [1.165, 1.54) is 0 Å². The lowest BCUT2D eigenvalue weighted by molar-refractivity contribution is -0.125. The first-order chi connectivity index (χ1) is 13.9. The number of benzene rings is 1. The number of hydrogen-bond donors (Lipinski definition) is 2. The van der Waals surface area contributed by atoms with Crippen molar-refractivity contribution in [3.05, 3.63) is 30.1 Å². The molecule has 1 amide bonds. The van der Waals surface area contributed by atoms with Crippen LogP contribution >= 0.6 is 0 Å². The summed E-state index contributed by atoms with van der Waals surface area (Å²) in [5, 5.41) is 7.45. The standard InChI is InChI=1S/C22H34N6O/c1-15(2)12-21(29)26-20-14-27(16(3)4)10-11-28(20)13-19-24-18-9-7-6-8-17(18)22(23-5)25-19/h6-9,15-16,20H,10-14H2,1-5H3,(H,26,29)(H,23,24,25). The van der Waals surface area contributed by atoms with E-state index in [0.717, 1.165) is 42.2 Å². The highest BCUT2D eigenvalue weighted by Crippen LogP contribution is 2.21. The van der Waals surface area contributed by atoms with E-state index in [2.05, 4.69) is 48.1 Å². The summed E-state index contributed by atoms with van der Waals surface area (Å²) in [6.07, 6.45) is 0.507. The van der Waals surface area contributed by atoms with Gasteiger partial charge in [0.05, 0.1) is 18.2 Å². The van der Waals surface area contributed by atoms with Gasteiger partial charge in [-0.3, -0.25) is 14.6 Å². The maximum atomic E-state index is 12.5. The number of anilines is 1. The Morgan fingerprint density at radius 1 is 1.17 bits per heavy atom. The van der Waals surface area contributed by atoms with Gasteiger partial charge in [-0.15, -0.1) is 0 Å². The fourth-order valence-electron chi connectivity index (χ4n) is 3.82. The summed E-state index contributed by atoms with van der Waals surface area (Å²) in [7, 11) is 1.88. The molecule has 1 aromatic heterocycles. The maximum Gasteiger partial charge on any atom is 0.221 e. The van der Waals surface area contributed by atoms with E-state index >= 15 is 0 Å². The largest absolute Gasteiger partial charge is 0.373 e. The van der Waals surface area contributed by atoms with Gasteiger partial charge in [0.25, 0.3) is 0 Å². The van der Waals surface area contributed by atoms with Crippen LogP contribution in [0.4, 0.5) is 5.82 Å². The molecule has 0 aliphatic carbocycles. The van der Waals surface area contributed by atoms with Crippen LogP contribution in [0, 0.1) is 5.92 Å². The third kappa shape index (κ3) is 5.42. The zero-order valence-corrected chi connectivity index (χ0v) is 18.3. The number of hydrogen-bond acceptors (Lipinski definition) is 6. The summed E-state index contributed by atoms with van der Waals surface area (Å²) in [4.78, 5) is 26.7. The van der Waals surface area contributed by atoms with Crippen molar-refractivity contribution in [1.82, 2.24) is 25.1 Å². The van der Waals surface area contributed by atoms with Crippen molar-refractivity contribution in [2.75, 3.05) is 32.0 Å². The van der Waals surface area contributed by atoms with E-state index in [9.17, 15) is 4.79 Å². The van der Waals surface area contributed by atoms with E-state index in [4.69, 9.17) is 9.97 Å². The molecule has 29 heavy (non-hydrogen) atoms. The molecule has 1 unspecified atom stereocenters. The van der Waals surface area contributed by atoms with Crippen LogP contribution in [-0.4, -0.2) is 64.6 Å². The van der Waals surface area contributed by atoms with Gasteiger partial charge in [-0.1, -0.05) is 26.0 Å². The molecule has 1 saturated heterocycles. The number of carbonyl (C=O) groups is 1. The lowest BCUT2D eigenvalue weighted by Crippen LogP contribution is -2.61. The fourth-order valence-corrected chi connectivity index (χ4v) is 3.82. The predicted octanol–water partition coefficient (Wildman–Crippen LogP) is 2.69. The molecule has 1 aromatic carbocycles. The topological polar surface area (TPSA) is 73.4 Å². The SMILES string of the molecule is CNc1nc(CN2CCN(C(C)C)CC2NC(=O)CC(C)C)nc2ccccc12. The van der Waals surface area contributed by atoms with Gasteiger partial charge in [0.15, 0.2) is 0 Å². The van der Waals surface area contributed by atoms with Crippen molar-refractivity contribution in [3.8, 4) is 0 Å². The number of piperazine rings is 1. The van der Waals surface area contributed by atoms with Crippen molar-refractivity contribution in [1.29, 1.82) is 0 Å². The Labute approximate surface area is 173 Å². The minimum absolute atomic E-state index is 0.0366. The molecule has 1 atom stereocenters. The second kappa shape index (κ2) is 9.50. The highest BCUT2D eigenvalue weighted by atomic mass is 16.1. The van der Waals surface area contributed by atoms with Crippen LogP contribution < -0.4 is 10.6 Å². The Bertz CT molecular complexity index is 837. The number of fused-ring (bicyclic) bond motifs is 1. The number of rotatable bonds is 7. The second-order valence-electron chi connectivity index (χ2n) is 8.50. The van der Waals surface area contributed by atoms with Gasteiger partial charge >= 0.3 is 0 Å². The Balaban J connectivity index is 1.81. The minimum atomic E-state index is -0.0366. The molecule has 0 bridgehead atoms. The van der Waals surface area contributed by atoms with E-state index in [0.29, 0.717) is 24.9 Å². The summed E-state index contributed by atoms with van der Waals surface area (Å²) in [6.45, 7) is 11.8. The number of nitrogens with zero attached hydrogens (tertiary/aromatic N) is 4. The third-order valence-corrected chi connectivity index (χ3v) is 5.41. The van der Waals surface area contributed by atoms with Crippen LogP contribution in [0.25, 0.3) is 10.9 Å². The first kappa shape index (κ1) is 21.5. The number of para-hydroxylation sites is 1. The van der Waals surface area contributed by atoms with Gasteiger partial charge in [-0.05, 0) is 31.9 Å². The van der Waals surface area contributed by atoms with Gasteiger partial charge < -0.3 is 10.6 Å². The monoisotopic (exact) mass is 398 g/mol. The number of amides is 1. The summed E-state index contributed by atoms with van der Waals surface area (Å²) in [6, 6.07) is 8.49. The molecule has 1 aliphatic heterocycles. The molecule has 0 spiro atoms.